The number of hydrogen-bond donors (Lipinski definition) is 1. The van der Waals surface area contributed by atoms with Crippen molar-refractivity contribution in [2.24, 2.45) is 0 Å². The van der Waals surface area contributed by atoms with E-state index in [2.05, 4.69) is 25.9 Å². The van der Waals surface area contributed by atoms with Crippen molar-refractivity contribution in [2.45, 2.75) is 0 Å². The van der Waals surface area contributed by atoms with E-state index in [-0.39, 0.29) is 5.82 Å². The number of fused-ring (bicyclic) bond motifs is 1. The Labute approximate surface area is 126 Å². The summed E-state index contributed by atoms with van der Waals surface area (Å²) in [7, 11) is 0. The zero-order chi connectivity index (χ0) is 13.6. The number of benzene rings is 2. The summed E-state index contributed by atoms with van der Waals surface area (Å²) in [4.78, 5) is 7.35. The molecule has 96 valence electrons. The molecule has 0 aliphatic heterocycles. The lowest BCUT2D eigenvalue weighted by molar-refractivity contribution is 0.629. The van der Waals surface area contributed by atoms with E-state index in [1.54, 1.807) is 24.3 Å². The summed E-state index contributed by atoms with van der Waals surface area (Å²) >= 11 is 15.1. The number of halogens is 4. The van der Waals surface area contributed by atoms with Gasteiger partial charge in [0.15, 0.2) is 0 Å². The summed E-state index contributed by atoms with van der Waals surface area (Å²) in [5.74, 6) is 0.0870. The molecule has 0 fully saturated rings. The van der Waals surface area contributed by atoms with Gasteiger partial charge in [0.1, 0.15) is 11.6 Å². The smallest absolute Gasteiger partial charge is 0.141 e. The topological polar surface area (TPSA) is 28.7 Å². The van der Waals surface area contributed by atoms with Gasteiger partial charge < -0.3 is 4.98 Å². The second-order valence-corrected chi connectivity index (χ2v) is 5.72. The molecule has 0 radical (unpaired) electrons. The summed E-state index contributed by atoms with van der Waals surface area (Å²) in [5.41, 5.74) is 1.75. The van der Waals surface area contributed by atoms with Gasteiger partial charge in [-0.05, 0) is 30.3 Å². The Balaban J connectivity index is 2.20. The molecule has 0 bridgehead atoms. The van der Waals surface area contributed by atoms with E-state index in [9.17, 15) is 4.39 Å². The molecular weight excluding hydrogens is 354 g/mol. The monoisotopic (exact) mass is 358 g/mol. The number of aromatic amines is 1. The van der Waals surface area contributed by atoms with Crippen molar-refractivity contribution in [3.63, 3.8) is 0 Å². The molecule has 1 heterocycles. The number of hydrogen-bond acceptors (Lipinski definition) is 1. The third-order valence-electron chi connectivity index (χ3n) is 2.71. The zero-order valence-electron chi connectivity index (χ0n) is 9.35. The largest absolute Gasteiger partial charge is 0.338 e. The first-order chi connectivity index (χ1) is 9.04. The molecule has 0 aliphatic rings. The van der Waals surface area contributed by atoms with Crippen LogP contribution in [0.2, 0.25) is 10.0 Å². The quantitative estimate of drug-likeness (QED) is 0.615. The molecule has 0 saturated carbocycles. The zero-order valence-corrected chi connectivity index (χ0v) is 12.4. The van der Waals surface area contributed by atoms with Crippen LogP contribution in [-0.4, -0.2) is 9.97 Å². The van der Waals surface area contributed by atoms with Crippen LogP contribution in [0.3, 0.4) is 0 Å². The summed E-state index contributed by atoms with van der Waals surface area (Å²) in [5, 5.41) is 0.851. The molecular formula is C13H6BrCl2FN2. The number of rotatable bonds is 1. The summed E-state index contributed by atoms with van der Waals surface area (Å²) in [6, 6.07) is 8.12. The predicted molar refractivity (Wildman–Crippen MR) is 79.2 cm³/mol. The molecule has 2 aromatic carbocycles. The van der Waals surface area contributed by atoms with Gasteiger partial charge in [-0.1, -0.05) is 39.1 Å². The van der Waals surface area contributed by atoms with Gasteiger partial charge >= 0.3 is 0 Å². The average molecular weight is 360 g/mol. The van der Waals surface area contributed by atoms with E-state index < -0.39 is 0 Å². The Hall–Kier alpha value is -1.10. The van der Waals surface area contributed by atoms with Crippen LogP contribution in [0.1, 0.15) is 0 Å². The molecule has 0 saturated heterocycles. The summed E-state index contributed by atoms with van der Waals surface area (Å²) in [6.07, 6.45) is 0. The minimum absolute atomic E-state index is 0.356. The van der Waals surface area contributed by atoms with Crippen LogP contribution in [-0.2, 0) is 0 Å². The van der Waals surface area contributed by atoms with Gasteiger partial charge in [-0.25, -0.2) is 9.37 Å². The highest BCUT2D eigenvalue weighted by atomic mass is 79.9. The van der Waals surface area contributed by atoms with Crippen molar-refractivity contribution < 1.29 is 4.39 Å². The van der Waals surface area contributed by atoms with Crippen LogP contribution >= 0.6 is 39.1 Å². The Morgan fingerprint density at radius 1 is 1.11 bits per heavy atom. The molecule has 0 spiro atoms. The van der Waals surface area contributed by atoms with Gasteiger partial charge in [0.05, 0.1) is 26.6 Å². The van der Waals surface area contributed by atoms with Crippen LogP contribution < -0.4 is 0 Å². The second-order valence-electron chi connectivity index (χ2n) is 3.99. The highest BCUT2D eigenvalue weighted by Gasteiger charge is 2.11. The molecule has 6 heteroatoms. The van der Waals surface area contributed by atoms with E-state index >= 15 is 0 Å². The van der Waals surface area contributed by atoms with Gasteiger partial charge in [-0.3, -0.25) is 0 Å². The number of H-pyrrole nitrogens is 1. The van der Waals surface area contributed by atoms with Crippen LogP contribution in [0.15, 0.2) is 34.8 Å². The van der Waals surface area contributed by atoms with Gasteiger partial charge in [-0.2, -0.15) is 0 Å². The summed E-state index contributed by atoms with van der Waals surface area (Å²) in [6.45, 7) is 0. The number of aromatic nitrogens is 2. The van der Waals surface area contributed by atoms with Crippen LogP contribution in [0.5, 0.6) is 0 Å². The van der Waals surface area contributed by atoms with E-state index in [0.717, 1.165) is 0 Å². The molecule has 1 N–H and O–H groups in total. The molecule has 1 aromatic heterocycles. The molecule has 19 heavy (non-hydrogen) atoms. The van der Waals surface area contributed by atoms with E-state index in [0.29, 0.717) is 36.9 Å². The van der Waals surface area contributed by atoms with Gasteiger partial charge in [0.2, 0.25) is 0 Å². The third-order valence-corrected chi connectivity index (χ3v) is 3.93. The lowest BCUT2D eigenvalue weighted by Crippen LogP contribution is -1.86. The van der Waals surface area contributed by atoms with Crippen molar-refractivity contribution in [1.82, 2.24) is 9.97 Å². The molecule has 3 rings (SSSR count). The van der Waals surface area contributed by atoms with E-state index in [4.69, 9.17) is 23.2 Å². The number of nitrogens with one attached hydrogen (secondary N) is 1. The van der Waals surface area contributed by atoms with Crippen molar-refractivity contribution in [2.75, 3.05) is 0 Å². The van der Waals surface area contributed by atoms with E-state index in [1.807, 2.05) is 0 Å². The number of imidazole rings is 1. The normalized spacial score (nSPS) is 11.2. The first kappa shape index (κ1) is 12.9. The maximum atomic E-state index is 13.9. The molecule has 2 nitrogen and oxygen atoms in total. The first-order valence-corrected chi connectivity index (χ1v) is 6.89. The molecule has 0 amide bonds. The van der Waals surface area contributed by atoms with Crippen LogP contribution in [0.4, 0.5) is 4.39 Å². The Bertz CT molecular complexity index is 747. The van der Waals surface area contributed by atoms with Crippen LogP contribution in [0, 0.1) is 5.82 Å². The van der Waals surface area contributed by atoms with Crippen molar-refractivity contribution in [3.05, 3.63) is 50.7 Å². The highest BCUT2D eigenvalue weighted by molar-refractivity contribution is 9.10. The van der Waals surface area contributed by atoms with Gasteiger partial charge in [0.25, 0.3) is 0 Å². The molecule has 0 aliphatic carbocycles. The molecule has 0 atom stereocenters. The SMILES string of the molecule is Fc1cc(Br)ccc1-c1nc2cc(Cl)c(Cl)cc2[nH]1. The fraction of sp³-hybridized carbons (Fsp3) is 0. The van der Waals surface area contributed by atoms with Gasteiger partial charge in [0, 0.05) is 4.47 Å². The average Bonchev–Trinajstić information content (AvgIpc) is 2.72. The van der Waals surface area contributed by atoms with E-state index in [1.165, 1.54) is 6.07 Å². The fourth-order valence-corrected chi connectivity index (χ4v) is 2.47. The van der Waals surface area contributed by atoms with Gasteiger partial charge in [-0.15, -0.1) is 0 Å². The Morgan fingerprint density at radius 2 is 1.84 bits per heavy atom. The minimum atomic E-state index is -0.356. The predicted octanol–water partition coefficient (Wildman–Crippen LogP) is 5.44. The fourth-order valence-electron chi connectivity index (χ4n) is 1.81. The third kappa shape index (κ3) is 2.36. The van der Waals surface area contributed by atoms with Crippen molar-refractivity contribution in [1.29, 1.82) is 0 Å². The summed E-state index contributed by atoms with van der Waals surface area (Å²) < 4.78 is 14.6. The standard InChI is InChI=1S/C13H6BrCl2FN2/c14-6-1-2-7(10(17)3-6)13-18-11-4-8(15)9(16)5-12(11)19-13/h1-5H,(H,18,19). The lowest BCUT2D eigenvalue weighted by atomic mass is 10.2. The van der Waals surface area contributed by atoms with Crippen molar-refractivity contribution in [3.8, 4) is 11.4 Å². The minimum Gasteiger partial charge on any atom is -0.338 e. The molecule has 0 unspecified atom stereocenters. The Kier molecular flexibility index (Phi) is 3.25. The second kappa shape index (κ2) is 4.78. The first-order valence-electron chi connectivity index (χ1n) is 5.35. The Morgan fingerprint density at radius 3 is 2.58 bits per heavy atom. The lowest BCUT2D eigenvalue weighted by Gasteiger charge is -1.99. The maximum Gasteiger partial charge on any atom is 0.141 e. The van der Waals surface area contributed by atoms with Crippen molar-refractivity contribution >= 4 is 50.2 Å². The highest BCUT2D eigenvalue weighted by Crippen LogP contribution is 2.30. The van der Waals surface area contributed by atoms with Crippen LogP contribution in [0.25, 0.3) is 22.4 Å². The molecule has 3 aromatic rings. The maximum absolute atomic E-state index is 13.9. The number of nitrogens with zero attached hydrogens (tertiary/aromatic N) is 1.